The second-order valence-electron chi connectivity index (χ2n) is 10.4. The van der Waals surface area contributed by atoms with Crippen molar-refractivity contribution in [3.63, 3.8) is 0 Å². The molecular formula is C31H44N2O11S2. The van der Waals surface area contributed by atoms with Crippen LogP contribution in [0.4, 0.5) is 0 Å². The molecule has 1 aromatic heterocycles. The van der Waals surface area contributed by atoms with Crippen molar-refractivity contribution in [1.82, 2.24) is 9.21 Å². The van der Waals surface area contributed by atoms with Crippen LogP contribution in [-0.4, -0.2) is 134 Å². The van der Waals surface area contributed by atoms with Crippen molar-refractivity contribution in [2.75, 3.05) is 99.4 Å². The van der Waals surface area contributed by atoms with E-state index < -0.39 is 16.3 Å². The van der Waals surface area contributed by atoms with Crippen LogP contribution in [0.25, 0.3) is 0 Å². The number of carbonyl (C=O) groups excluding carboxylic acids is 1. The average Bonchev–Trinajstić information content (AvgIpc) is 3.61. The third-order valence-electron chi connectivity index (χ3n) is 7.34. The van der Waals surface area contributed by atoms with Crippen molar-refractivity contribution >= 4 is 27.3 Å². The Labute approximate surface area is 274 Å². The van der Waals surface area contributed by atoms with Crippen LogP contribution >= 0.6 is 11.3 Å². The topological polar surface area (TPSA) is 143 Å². The van der Waals surface area contributed by atoms with Gasteiger partial charge in [-0.05, 0) is 52.7 Å². The van der Waals surface area contributed by atoms with E-state index in [2.05, 4.69) is 0 Å². The summed E-state index contributed by atoms with van der Waals surface area (Å²) >= 11 is 1.56. The van der Waals surface area contributed by atoms with E-state index in [0.29, 0.717) is 78.1 Å². The minimum absolute atomic E-state index is 0.0204. The first-order chi connectivity index (χ1) is 22.4. The van der Waals surface area contributed by atoms with Gasteiger partial charge in [0.2, 0.25) is 16.3 Å². The molecule has 1 N–H and O–H groups in total. The van der Waals surface area contributed by atoms with Crippen molar-refractivity contribution in [3.8, 4) is 5.75 Å². The monoisotopic (exact) mass is 684 g/mol. The van der Waals surface area contributed by atoms with E-state index >= 15 is 0 Å². The highest BCUT2D eigenvalue weighted by molar-refractivity contribution is 7.89. The number of hydrogen-bond acceptors (Lipinski definition) is 12. The smallest absolute Gasteiger partial charge is 0.288 e. The van der Waals surface area contributed by atoms with Crippen molar-refractivity contribution < 1.29 is 51.5 Å². The fourth-order valence-electron chi connectivity index (χ4n) is 4.86. The summed E-state index contributed by atoms with van der Waals surface area (Å²) in [4.78, 5) is 15.5. The molecule has 13 nitrogen and oxygen atoms in total. The number of aliphatic hydroxyl groups excluding tert-OH is 1. The van der Waals surface area contributed by atoms with Crippen LogP contribution in [0.2, 0.25) is 0 Å². The zero-order valence-corrected chi connectivity index (χ0v) is 27.8. The molecule has 3 heterocycles. The standard InChI is InChI=1S/C31H44N2O11S2/c1-38-27-2-4-28(5-3-27)46(36,37)33(7-11-34)10-14-43-30-23-26(25-6-21-45-24-25)22-29(44-30)31(35)32-8-12-39-15-17-41-19-20-42-18-16-40-13-9-32/h2-6,21-22,24,26,30,34H,7-20,23H2,1H3/t26-,30+/m0/s1. The highest BCUT2D eigenvalue weighted by atomic mass is 32.2. The molecule has 1 aromatic carbocycles. The molecule has 0 aliphatic carbocycles. The average molecular weight is 685 g/mol. The summed E-state index contributed by atoms with van der Waals surface area (Å²) in [5.41, 5.74) is 1.03. The molecule has 1 fully saturated rings. The van der Waals surface area contributed by atoms with Crippen LogP contribution < -0.4 is 4.74 Å². The first kappa shape index (κ1) is 36.2. The number of ether oxygens (including phenoxy) is 7. The Morgan fingerprint density at radius 2 is 1.59 bits per heavy atom. The molecule has 256 valence electrons. The van der Waals surface area contributed by atoms with Gasteiger partial charge in [-0.2, -0.15) is 15.6 Å². The highest BCUT2D eigenvalue weighted by Crippen LogP contribution is 2.33. The molecule has 4 rings (SSSR count). The summed E-state index contributed by atoms with van der Waals surface area (Å²) in [6, 6.07) is 8.04. The molecule has 2 aromatic rings. The molecule has 0 bridgehead atoms. The number of aliphatic hydroxyl groups is 1. The Morgan fingerprint density at radius 3 is 2.15 bits per heavy atom. The van der Waals surface area contributed by atoms with Gasteiger partial charge in [0.1, 0.15) is 5.75 Å². The second-order valence-corrected chi connectivity index (χ2v) is 13.1. The Kier molecular flexibility index (Phi) is 15.2. The second kappa shape index (κ2) is 19.3. The number of rotatable bonds is 11. The van der Waals surface area contributed by atoms with Gasteiger partial charge in [-0.3, -0.25) is 4.79 Å². The van der Waals surface area contributed by atoms with Crippen molar-refractivity contribution in [2.24, 2.45) is 0 Å². The Bertz CT molecular complexity index is 1290. The van der Waals surface area contributed by atoms with Gasteiger partial charge in [0.05, 0.1) is 78.1 Å². The number of methoxy groups -OCH3 is 1. The molecule has 2 aliphatic rings. The minimum Gasteiger partial charge on any atom is -0.497 e. The van der Waals surface area contributed by atoms with E-state index in [4.69, 9.17) is 33.2 Å². The predicted molar refractivity (Wildman–Crippen MR) is 169 cm³/mol. The number of carbonyl (C=O) groups is 1. The Balaban J connectivity index is 1.42. The van der Waals surface area contributed by atoms with Gasteiger partial charge in [-0.25, -0.2) is 8.42 Å². The third-order valence-corrected chi connectivity index (χ3v) is 9.96. The molecule has 1 amide bonds. The lowest BCUT2D eigenvalue weighted by Crippen LogP contribution is -2.41. The highest BCUT2D eigenvalue weighted by Gasteiger charge is 2.32. The first-order valence-electron chi connectivity index (χ1n) is 15.3. The van der Waals surface area contributed by atoms with Crippen molar-refractivity contribution in [3.05, 3.63) is 58.5 Å². The summed E-state index contributed by atoms with van der Waals surface area (Å²) in [6.45, 7) is 3.38. The van der Waals surface area contributed by atoms with Crippen molar-refractivity contribution in [1.29, 1.82) is 0 Å². The maximum atomic E-state index is 13.8. The summed E-state index contributed by atoms with van der Waals surface area (Å²) in [5.74, 6) is 0.213. The van der Waals surface area contributed by atoms with E-state index in [1.165, 1.54) is 19.2 Å². The van der Waals surface area contributed by atoms with Crippen LogP contribution in [0, 0.1) is 0 Å². The summed E-state index contributed by atoms with van der Waals surface area (Å²) in [5, 5.41) is 13.6. The normalized spacial score (nSPS) is 21.1. The number of hydrogen-bond donors (Lipinski definition) is 1. The van der Waals surface area contributed by atoms with Crippen LogP contribution in [0.5, 0.6) is 5.75 Å². The molecular weight excluding hydrogens is 640 g/mol. The van der Waals surface area contributed by atoms with Crippen LogP contribution in [0.1, 0.15) is 17.9 Å². The van der Waals surface area contributed by atoms with E-state index in [-0.39, 0.29) is 48.8 Å². The maximum Gasteiger partial charge on any atom is 0.288 e. The van der Waals surface area contributed by atoms with Gasteiger partial charge in [0.25, 0.3) is 5.91 Å². The van der Waals surface area contributed by atoms with Gasteiger partial charge in [-0.1, -0.05) is 0 Å². The van der Waals surface area contributed by atoms with E-state index in [9.17, 15) is 18.3 Å². The zero-order valence-electron chi connectivity index (χ0n) is 26.1. The number of amides is 1. The van der Waals surface area contributed by atoms with E-state index in [1.807, 2.05) is 22.9 Å². The fourth-order valence-corrected chi connectivity index (χ4v) is 7.00. The predicted octanol–water partition coefficient (Wildman–Crippen LogP) is 2.08. The Morgan fingerprint density at radius 1 is 0.957 bits per heavy atom. The van der Waals surface area contributed by atoms with Gasteiger partial charge in [-0.15, -0.1) is 0 Å². The minimum atomic E-state index is -3.91. The molecule has 0 unspecified atom stereocenters. The molecule has 0 spiro atoms. The number of benzene rings is 1. The quantitative estimate of drug-likeness (QED) is 0.372. The van der Waals surface area contributed by atoms with Crippen LogP contribution in [-0.2, 0) is 43.2 Å². The number of sulfonamides is 1. The van der Waals surface area contributed by atoms with Gasteiger partial charge >= 0.3 is 0 Å². The Hall–Kier alpha value is -2.60. The third kappa shape index (κ3) is 11.0. The van der Waals surface area contributed by atoms with Gasteiger partial charge in [0, 0.05) is 38.5 Å². The SMILES string of the molecule is COc1ccc(S(=O)(=O)N(CCO)CCO[C@H]2C[C@@H](c3ccsc3)C=C(C(=O)N3CCOCCOCCOCCOCC3)O2)cc1. The molecule has 2 atom stereocenters. The van der Waals surface area contributed by atoms with Gasteiger partial charge < -0.3 is 43.2 Å². The largest absolute Gasteiger partial charge is 0.497 e. The van der Waals surface area contributed by atoms with Crippen LogP contribution in [0.3, 0.4) is 0 Å². The summed E-state index contributed by atoms with van der Waals surface area (Å²) in [7, 11) is -2.41. The number of thiophene rings is 1. The fraction of sp³-hybridized carbons (Fsp3) is 0.581. The molecule has 0 saturated carbocycles. The molecule has 0 radical (unpaired) electrons. The molecule has 1 saturated heterocycles. The van der Waals surface area contributed by atoms with E-state index in [0.717, 1.165) is 9.87 Å². The summed E-state index contributed by atoms with van der Waals surface area (Å²) < 4.78 is 67.4. The zero-order chi connectivity index (χ0) is 32.6. The van der Waals surface area contributed by atoms with Crippen LogP contribution in [0.15, 0.2) is 57.8 Å². The number of nitrogens with zero attached hydrogens (tertiary/aromatic N) is 2. The molecule has 46 heavy (non-hydrogen) atoms. The van der Waals surface area contributed by atoms with E-state index in [1.54, 1.807) is 28.4 Å². The lowest BCUT2D eigenvalue weighted by molar-refractivity contribution is -0.153. The molecule has 2 aliphatic heterocycles. The lowest BCUT2D eigenvalue weighted by atomic mass is 9.95. The maximum absolute atomic E-state index is 13.8. The summed E-state index contributed by atoms with van der Waals surface area (Å²) in [6.07, 6.45) is 1.44. The number of allylic oxidation sites excluding steroid dienone is 1. The van der Waals surface area contributed by atoms with Gasteiger partial charge in [0.15, 0.2) is 5.76 Å². The first-order valence-corrected chi connectivity index (χ1v) is 17.7. The molecule has 15 heteroatoms. The van der Waals surface area contributed by atoms with Crippen molar-refractivity contribution in [2.45, 2.75) is 23.5 Å². The lowest BCUT2D eigenvalue weighted by Gasteiger charge is -2.32.